The number of nitrogens with zero attached hydrogens (tertiary/aromatic N) is 2. The van der Waals surface area contributed by atoms with Gasteiger partial charge < -0.3 is 14.8 Å². The Morgan fingerprint density at radius 3 is 2.97 bits per heavy atom. The summed E-state index contributed by atoms with van der Waals surface area (Å²) in [5.74, 6) is 0.471. The van der Waals surface area contributed by atoms with Gasteiger partial charge in [-0.25, -0.2) is 4.98 Å². The zero-order valence-corrected chi connectivity index (χ0v) is 18.0. The van der Waals surface area contributed by atoms with E-state index in [1.165, 1.54) is 17.4 Å². The molecule has 1 aliphatic heterocycles. The summed E-state index contributed by atoms with van der Waals surface area (Å²) in [5, 5.41) is 3.75. The molecule has 2 aromatic rings. The predicted octanol–water partition coefficient (Wildman–Crippen LogP) is 4.12. The number of hydrogen-bond donors (Lipinski definition) is 1. The minimum absolute atomic E-state index is 0.136. The van der Waals surface area contributed by atoms with E-state index < -0.39 is 12.3 Å². The number of amides is 1. The van der Waals surface area contributed by atoms with Gasteiger partial charge in [-0.15, -0.1) is 11.3 Å². The third kappa shape index (κ3) is 5.74. The number of piperidine rings is 1. The van der Waals surface area contributed by atoms with Gasteiger partial charge in [0.2, 0.25) is 6.41 Å². The molecule has 1 aliphatic rings. The van der Waals surface area contributed by atoms with E-state index in [4.69, 9.17) is 4.74 Å². The largest absolute Gasteiger partial charge is 0.434 e. The van der Waals surface area contributed by atoms with Crippen LogP contribution in [0.1, 0.15) is 31.7 Å². The highest BCUT2D eigenvalue weighted by molar-refractivity contribution is 7.15. The number of benzene rings is 1. The maximum atomic E-state index is 12.7. The number of carbonyl (C=O) groups excluding carboxylic acids is 1. The maximum absolute atomic E-state index is 12.7. The van der Waals surface area contributed by atoms with Gasteiger partial charge in [-0.2, -0.15) is 8.78 Å². The van der Waals surface area contributed by atoms with Crippen LogP contribution < -0.4 is 10.1 Å². The molecule has 0 bridgehead atoms. The Morgan fingerprint density at radius 1 is 1.43 bits per heavy atom. The summed E-state index contributed by atoms with van der Waals surface area (Å²) in [6.45, 7) is 3.87. The van der Waals surface area contributed by atoms with Crippen LogP contribution in [0, 0.1) is 5.92 Å². The lowest BCUT2D eigenvalue weighted by atomic mass is 9.92. The first-order chi connectivity index (χ1) is 14.4. The van der Waals surface area contributed by atoms with E-state index >= 15 is 0 Å². The summed E-state index contributed by atoms with van der Waals surface area (Å²) in [5.41, 5.74) is -0.107. The number of thiazole rings is 1. The average Bonchev–Trinajstić information content (AvgIpc) is 3.14. The molecule has 1 N–H and O–H groups in total. The Hall–Kier alpha value is -2.10. The van der Waals surface area contributed by atoms with Gasteiger partial charge in [-0.1, -0.05) is 26.0 Å². The number of alkyl halides is 2. The van der Waals surface area contributed by atoms with Gasteiger partial charge in [-0.05, 0) is 24.5 Å². The van der Waals surface area contributed by atoms with E-state index in [1.54, 1.807) is 24.4 Å². The molecule has 3 rings (SSSR count). The smallest absolute Gasteiger partial charge is 0.387 e. The van der Waals surface area contributed by atoms with E-state index in [2.05, 4.69) is 26.9 Å². The molecule has 1 saturated heterocycles. The first-order valence-electron chi connectivity index (χ1n) is 10.0. The van der Waals surface area contributed by atoms with Crippen molar-refractivity contribution in [2.45, 2.75) is 45.6 Å². The number of para-hydroxylation sites is 1. The van der Waals surface area contributed by atoms with Gasteiger partial charge >= 0.3 is 6.61 Å². The Balaban J connectivity index is 1.74. The molecule has 1 aromatic carbocycles. The second-order valence-electron chi connectivity index (χ2n) is 7.58. The SMILES string of the molecule is CCCO[C@@]1(NC=O)CC(C)CN(Cc2ncc(-c3ccccc3OC(F)F)s2)C1. The summed E-state index contributed by atoms with van der Waals surface area (Å²) in [6.07, 6.45) is 4.01. The van der Waals surface area contributed by atoms with Crippen LogP contribution in [-0.2, 0) is 16.1 Å². The molecule has 6 nitrogen and oxygen atoms in total. The maximum Gasteiger partial charge on any atom is 0.387 e. The lowest BCUT2D eigenvalue weighted by Crippen LogP contribution is -2.60. The summed E-state index contributed by atoms with van der Waals surface area (Å²) >= 11 is 1.45. The molecule has 0 radical (unpaired) electrons. The minimum Gasteiger partial charge on any atom is -0.434 e. The number of aromatic nitrogens is 1. The van der Waals surface area contributed by atoms with Crippen molar-refractivity contribution in [1.82, 2.24) is 15.2 Å². The van der Waals surface area contributed by atoms with E-state index in [-0.39, 0.29) is 5.75 Å². The first kappa shape index (κ1) is 22.6. The quantitative estimate of drug-likeness (QED) is 0.446. The van der Waals surface area contributed by atoms with Crippen molar-refractivity contribution < 1.29 is 23.0 Å². The van der Waals surface area contributed by atoms with E-state index in [9.17, 15) is 13.6 Å². The topological polar surface area (TPSA) is 63.7 Å². The number of carbonyl (C=O) groups is 1. The van der Waals surface area contributed by atoms with E-state index in [1.807, 2.05) is 6.92 Å². The van der Waals surface area contributed by atoms with Crippen molar-refractivity contribution in [2.75, 3.05) is 19.7 Å². The molecule has 9 heteroatoms. The lowest BCUT2D eigenvalue weighted by Gasteiger charge is -2.44. The number of hydrogen-bond acceptors (Lipinski definition) is 6. The fraction of sp³-hybridized carbons (Fsp3) is 0.524. The fourth-order valence-electron chi connectivity index (χ4n) is 3.90. The Bertz CT molecular complexity index is 835. The second kappa shape index (κ2) is 10.3. The zero-order chi connectivity index (χ0) is 21.6. The number of ether oxygens (including phenoxy) is 2. The molecule has 0 aliphatic carbocycles. The Labute approximate surface area is 179 Å². The third-order valence-corrected chi connectivity index (χ3v) is 5.93. The average molecular weight is 440 g/mol. The van der Waals surface area contributed by atoms with Gasteiger partial charge in [-0.3, -0.25) is 9.69 Å². The van der Waals surface area contributed by atoms with Crippen LogP contribution in [0.25, 0.3) is 10.4 Å². The minimum atomic E-state index is -2.88. The van der Waals surface area contributed by atoms with Gasteiger partial charge in [0.1, 0.15) is 10.8 Å². The van der Waals surface area contributed by atoms with Crippen molar-refractivity contribution in [3.63, 3.8) is 0 Å². The molecule has 1 aromatic heterocycles. The van der Waals surface area contributed by atoms with Crippen LogP contribution in [0.5, 0.6) is 5.75 Å². The first-order valence-corrected chi connectivity index (χ1v) is 10.8. The summed E-state index contributed by atoms with van der Waals surface area (Å²) in [7, 11) is 0. The van der Waals surface area contributed by atoms with Crippen LogP contribution in [0.15, 0.2) is 30.5 Å². The third-order valence-electron chi connectivity index (χ3n) is 4.91. The highest BCUT2D eigenvalue weighted by atomic mass is 32.1. The van der Waals surface area contributed by atoms with Gasteiger partial charge in [0.05, 0.1) is 11.4 Å². The molecule has 0 spiro atoms. The van der Waals surface area contributed by atoms with Crippen molar-refractivity contribution in [2.24, 2.45) is 5.92 Å². The monoisotopic (exact) mass is 439 g/mol. The van der Waals surface area contributed by atoms with Crippen LogP contribution in [0.3, 0.4) is 0 Å². The normalized spacial score (nSPS) is 22.2. The van der Waals surface area contributed by atoms with Gasteiger partial charge in [0, 0.05) is 37.9 Å². The van der Waals surface area contributed by atoms with Gasteiger partial charge in [0.15, 0.2) is 5.72 Å². The van der Waals surface area contributed by atoms with Crippen molar-refractivity contribution in [3.8, 4) is 16.2 Å². The second-order valence-corrected chi connectivity index (χ2v) is 8.69. The van der Waals surface area contributed by atoms with E-state index in [0.29, 0.717) is 37.6 Å². The molecule has 1 amide bonds. The molecule has 1 unspecified atom stereocenters. The molecule has 0 saturated carbocycles. The van der Waals surface area contributed by atoms with Crippen LogP contribution in [0.4, 0.5) is 8.78 Å². The number of halogens is 2. The summed E-state index contributed by atoms with van der Waals surface area (Å²) in [4.78, 5) is 18.7. The molecule has 1 fully saturated rings. The lowest BCUT2D eigenvalue weighted by molar-refractivity contribution is -0.140. The standard InChI is InChI=1S/C21H27F2N3O3S/c1-3-8-28-21(25-14-27)9-15(2)11-26(13-21)12-19-24-10-18(30-19)16-6-4-5-7-17(16)29-20(22)23/h4-7,10,14-15,20H,3,8-9,11-13H2,1-2H3,(H,25,27)/t15?,21-/m0/s1. The molecular formula is C21H27F2N3O3S. The predicted molar refractivity (Wildman–Crippen MR) is 111 cm³/mol. The number of likely N-dealkylation sites (tertiary alicyclic amines) is 1. The van der Waals surface area contributed by atoms with Crippen molar-refractivity contribution in [1.29, 1.82) is 0 Å². The van der Waals surface area contributed by atoms with Gasteiger partial charge in [0.25, 0.3) is 0 Å². The van der Waals surface area contributed by atoms with Crippen molar-refractivity contribution in [3.05, 3.63) is 35.5 Å². The summed E-state index contributed by atoms with van der Waals surface area (Å²) < 4.78 is 36.1. The van der Waals surface area contributed by atoms with Crippen LogP contribution >= 0.6 is 11.3 Å². The Morgan fingerprint density at radius 2 is 2.23 bits per heavy atom. The van der Waals surface area contributed by atoms with Crippen molar-refractivity contribution >= 4 is 17.7 Å². The number of rotatable bonds is 10. The molecule has 30 heavy (non-hydrogen) atoms. The molecule has 164 valence electrons. The zero-order valence-electron chi connectivity index (χ0n) is 17.1. The summed E-state index contributed by atoms with van der Waals surface area (Å²) in [6, 6.07) is 6.71. The molecule has 2 heterocycles. The molecular weight excluding hydrogens is 412 g/mol. The fourth-order valence-corrected chi connectivity index (χ4v) is 4.89. The molecule has 2 atom stereocenters. The highest BCUT2D eigenvalue weighted by Gasteiger charge is 2.39. The van der Waals surface area contributed by atoms with Crippen LogP contribution in [0.2, 0.25) is 0 Å². The highest BCUT2D eigenvalue weighted by Crippen LogP contribution is 2.35. The Kier molecular flexibility index (Phi) is 7.74. The van der Waals surface area contributed by atoms with Crippen LogP contribution in [-0.4, -0.2) is 48.3 Å². The van der Waals surface area contributed by atoms with E-state index in [0.717, 1.165) is 29.3 Å². The number of nitrogens with one attached hydrogen (secondary N) is 1.